The standard InChI is InChI=1S/C18H16FN3O2S/c19-14-3-1-2-13-12(14)4-5-15(13)20-16(23)6-7-17-21-18(22-24-17)11-8-9-25-10-11/h1-3,8-10,15H,4-7H2,(H,20,23). The second-order valence-electron chi connectivity index (χ2n) is 5.99. The molecule has 3 aromatic rings. The highest BCUT2D eigenvalue weighted by atomic mass is 32.1. The van der Waals surface area contributed by atoms with E-state index in [2.05, 4.69) is 15.5 Å². The molecular weight excluding hydrogens is 341 g/mol. The Morgan fingerprint density at radius 2 is 2.32 bits per heavy atom. The molecule has 0 fully saturated rings. The van der Waals surface area contributed by atoms with Crippen LogP contribution < -0.4 is 5.32 Å². The monoisotopic (exact) mass is 357 g/mol. The van der Waals surface area contributed by atoms with Gasteiger partial charge in [0.2, 0.25) is 17.6 Å². The van der Waals surface area contributed by atoms with Crippen molar-refractivity contribution in [1.82, 2.24) is 15.5 Å². The van der Waals surface area contributed by atoms with E-state index in [1.54, 1.807) is 17.4 Å². The van der Waals surface area contributed by atoms with Crippen molar-refractivity contribution in [2.45, 2.75) is 31.7 Å². The largest absolute Gasteiger partial charge is 0.349 e. The number of aromatic nitrogens is 2. The molecule has 1 amide bonds. The fraction of sp³-hybridized carbons (Fsp3) is 0.278. The molecule has 7 heteroatoms. The topological polar surface area (TPSA) is 68.0 Å². The Balaban J connectivity index is 1.34. The van der Waals surface area contributed by atoms with E-state index in [0.29, 0.717) is 30.1 Å². The van der Waals surface area contributed by atoms with Gasteiger partial charge in [0.15, 0.2) is 0 Å². The SMILES string of the molecule is O=C(CCc1nc(-c2ccsc2)no1)NC1CCc2c(F)cccc21. The Morgan fingerprint density at radius 1 is 1.40 bits per heavy atom. The summed E-state index contributed by atoms with van der Waals surface area (Å²) in [6, 6.07) is 6.82. The van der Waals surface area contributed by atoms with Gasteiger partial charge in [0, 0.05) is 23.8 Å². The summed E-state index contributed by atoms with van der Waals surface area (Å²) in [6.07, 6.45) is 2.02. The fourth-order valence-corrected chi connectivity index (χ4v) is 3.75. The molecule has 0 radical (unpaired) electrons. The van der Waals surface area contributed by atoms with Crippen LogP contribution in [0.2, 0.25) is 0 Å². The minimum Gasteiger partial charge on any atom is -0.349 e. The predicted molar refractivity (Wildman–Crippen MR) is 91.5 cm³/mol. The van der Waals surface area contributed by atoms with Crippen molar-refractivity contribution < 1.29 is 13.7 Å². The van der Waals surface area contributed by atoms with Crippen molar-refractivity contribution in [1.29, 1.82) is 0 Å². The molecule has 0 bridgehead atoms. The van der Waals surface area contributed by atoms with Crippen LogP contribution in [0.25, 0.3) is 11.4 Å². The van der Waals surface area contributed by atoms with E-state index in [4.69, 9.17) is 4.52 Å². The molecule has 1 aliphatic rings. The maximum absolute atomic E-state index is 13.8. The predicted octanol–water partition coefficient (Wildman–Crippen LogP) is 3.67. The number of halogens is 1. The van der Waals surface area contributed by atoms with E-state index in [1.807, 2.05) is 22.9 Å². The van der Waals surface area contributed by atoms with Crippen LogP contribution in [-0.2, 0) is 17.6 Å². The molecule has 1 aromatic carbocycles. The zero-order valence-corrected chi connectivity index (χ0v) is 14.2. The van der Waals surface area contributed by atoms with Crippen LogP contribution in [-0.4, -0.2) is 16.0 Å². The lowest BCUT2D eigenvalue weighted by Crippen LogP contribution is -2.27. The molecule has 0 spiro atoms. The molecule has 25 heavy (non-hydrogen) atoms. The molecule has 0 saturated carbocycles. The van der Waals surface area contributed by atoms with Gasteiger partial charge in [0.25, 0.3) is 0 Å². The molecule has 2 heterocycles. The second-order valence-corrected chi connectivity index (χ2v) is 6.77. The van der Waals surface area contributed by atoms with Crippen molar-refractivity contribution in [3.63, 3.8) is 0 Å². The molecule has 5 nitrogen and oxygen atoms in total. The number of benzene rings is 1. The maximum Gasteiger partial charge on any atom is 0.227 e. The number of rotatable bonds is 5. The number of fused-ring (bicyclic) bond motifs is 1. The Labute approximate surface area is 147 Å². The van der Waals surface area contributed by atoms with Crippen molar-refractivity contribution >= 4 is 17.2 Å². The number of amides is 1. The summed E-state index contributed by atoms with van der Waals surface area (Å²) in [5.74, 6) is 0.685. The highest BCUT2D eigenvalue weighted by Gasteiger charge is 2.26. The van der Waals surface area contributed by atoms with Crippen LogP contribution in [0, 0.1) is 5.82 Å². The Kier molecular flexibility index (Phi) is 4.31. The Bertz CT molecular complexity index is 892. The van der Waals surface area contributed by atoms with E-state index in [9.17, 15) is 9.18 Å². The van der Waals surface area contributed by atoms with E-state index in [0.717, 1.165) is 17.5 Å². The number of nitrogens with one attached hydrogen (secondary N) is 1. The van der Waals surface area contributed by atoms with Gasteiger partial charge in [-0.2, -0.15) is 16.3 Å². The molecule has 2 aromatic heterocycles. The lowest BCUT2D eigenvalue weighted by molar-refractivity contribution is -0.121. The normalized spacial score (nSPS) is 16.0. The fourth-order valence-electron chi connectivity index (χ4n) is 3.11. The molecule has 1 atom stereocenters. The first-order chi connectivity index (χ1) is 12.2. The molecule has 1 aliphatic carbocycles. The summed E-state index contributed by atoms with van der Waals surface area (Å²) in [5.41, 5.74) is 2.50. The minimum atomic E-state index is -0.193. The lowest BCUT2D eigenvalue weighted by atomic mass is 10.1. The van der Waals surface area contributed by atoms with Gasteiger partial charge in [-0.15, -0.1) is 0 Å². The van der Waals surface area contributed by atoms with Gasteiger partial charge < -0.3 is 9.84 Å². The highest BCUT2D eigenvalue weighted by Crippen LogP contribution is 2.32. The highest BCUT2D eigenvalue weighted by molar-refractivity contribution is 7.08. The first-order valence-corrected chi connectivity index (χ1v) is 9.07. The third-order valence-electron chi connectivity index (χ3n) is 4.36. The van der Waals surface area contributed by atoms with Gasteiger partial charge in [0.05, 0.1) is 6.04 Å². The number of hydrogen-bond acceptors (Lipinski definition) is 5. The van der Waals surface area contributed by atoms with Crippen molar-refractivity contribution in [3.05, 3.63) is 57.9 Å². The zero-order chi connectivity index (χ0) is 17.2. The van der Waals surface area contributed by atoms with Crippen LogP contribution in [0.4, 0.5) is 4.39 Å². The Morgan fingerprint density at radius 3 is 3.16 bits per heavy atom. The first kappa shape index (κ1) is 16.0. The van der Waals surface area contributed by atoms with Crippen molar-refractivity contribution in [2.75, 3.05) is 0 Å². The van der Waals surface area contributed by atoms with Gasteiger partial charge in [-0.05, 0) is 41.5 Å². The third kappa shape index (κ3) is 3.32. The molecular formula is C18H16FN3O2S. The maximum atomic E-state index is 13.8. The number of hydrogen-bond donors (Lipinski definition) is 1. The summed E-state index contributed by atoms with van der Waals surface area (Å²) in [4.78, 5) is 16.5. The minimum absolute atomic E-state index is 0.0996. The van der Waals surface area contributed by atoms with E-state index in [-0.39, 0.29) is 24.2 Å². The van der Waals surface area contributed by atoms with Crippen LogP contribution in [0.15, 0.2) is 39.5 Å². The smallest absolute Gasteiger partial charge is 0.227 e. The van der Waals surface area contributed by atoms with Gasteiger partial charge in [-0.1, -0.05) is 17.3 Å². The summed E-state index contributed by atoms with van der Waals surface area (Å²) in [7, 11) is 0. The van der Waals surface area contributed by atoms with Gasteiger partial charge in [-0.3, -0.25) is 4.79 Å². The lowest BCUT2D eigenvalue weighted by Gasteiger charge is -2.13. The number of thiophene rings is 1. The first-order valence-electron chi connectivity index (χ1n) is 8.12. The molecule has 1 unspecified atom stereocenters. The summed E-state index contributed by atoms with van der Waals surface area (Å²) in [6.45, 7) is 0. The van der Waals surface area contributed by atoms with Crippen LogP contribution in [0.1, 0.15) is 35.9 Å². The summed E-state index contributed by atoms with van der Waals surface area (Å²) in [5, 5.41) is 10.8. The number of nitrogens with zero attached hydrogens (tertiary/aromatic N) is 2. The summed E-state index contributed by atoms with van der Waals surface area (Å²) < 4.78 is 18.9. The average molecular weight is 357 g/mol. The van der Waals surface area contributed by atoms with Crippen molar-refractivity contribution in [2.24, 2.45) is 0 Å². The van der Waals surface area contributed by atoms with E-state index < -0.39 is 0 Å². The van der Waals surface area contributed by atoms with Crippen molar-refractivity contribution in [3.8, 4) is 11.4 Å². The molecule has 0 aliphatic heterocycles. The van der Waals surface area contributed by atoms with Gasteiger partial charge in [-0.25, -0.2) is 4.39 Å². The molecule has 1 N–H and O–H groups in total. The Hall–Kier alpha value is -2.54. The van der Waals surface area contributed by atoms with Crippen LogP contribution in [0.5, 0.6) is 0 Å². The second kappa shape index (κ2) is 6.76. The molecule has 4 rings (SSSR count). The van der Waals surface area contributed by atoms with Crippen LogP contribution in [0.3, 0.4) is 0 Å². The van der Waals surface area contributed by atoms with Gasteiger partial charge in [0.1, 0.15) is 5.82 Å². The zero-order valence-electron chi connectivity index (χ0n) is 13.4. The van der Waals surface area contributed by atoms with Crippen LogP contribution >= 0.6 is 11.3 Å². The van der Waals surface area contributed by atoms with E-state index >= 15 is 0 Å². The number of carbonyl (C=O) groups is 1. The quantitative estimate of drug-likeness (QED) is 0.756. The third-order valence-corrected chi connectivity index (χ3v) is 5.05. The number of aryl methyl sites for hydroxylation is 1. The summed E-state index contributed by atoms with van der Waals surface area (Å²) >= 11 is 1.56. The average Bonchev–Trinajstić information content (AvgIpc) is 3.34. The molecule has 128 valence electrons. The van der Waals surface area contributed by atoms with Gasteiger partial charge >= 0.3 is 0 Å². The number of carbonyl (C=O) groups excluding carboxylic acids is 1. The molecule has 0 saturated heterocycles. The van der Waals surface area contributed by atoms with E-state index in [1.165, 1.54) is 6.07 Å².